The normalized spacial score (nSPS) is 17.8. The van der Waals surface area contributed by atoms with E-state index in [9.17, 15) is 9.18 Å². The van der Waals surface area contributed by atoms with Crippen molar-refractivity contribution in [2.24, 2.45) is 0 Å². The number of amides is 1. The van der Waals surface area contributed by atoms with Gasteiger partial charge in [-0.05, 0) is 80.1 Å². The Morgan fingerprint density at radius 3 is 2.36 bits per heavy atom. The fourth-order valence-electron chi connectivity index (χ4n) is 4.13. The molecule has 28 heavy (non-hydrogen) atoms. The highest BCUT2D eigenvalue weighted by Gasteiger charge is 2.26. The van der Waals surface area contributed by atoms with Gasteiger partial charge in [0.1, 0.15) is 11.6 Å². The minimum Gasteiger partial charge on any atom is -0.481 e. The summed E-state index contributed by atoms with van der Waals surface area (Å²) < 4.78 is 19.1. The SMILES string of the molecule is CC(Oc1ccc2c(c1)CCCC2)C(=O)N1CCN(c2ccc(F)cc2)CC1. The smallest absolute Gasteiger partial charge is 0.263 e. The number of halogens is 1. The highest BCUT2D eigenvalue weighted by Crippen LogP contribution is 2.26. The predicted octanol–water partition coefficient (Wildman–Crippen LogP) is 3.82. The third-order valence-electron chi connectivity index (χ3n) is 5.76. The molecule has 4 rings (SSSR count). The first-order chi connectivity index (χ1) is 13.6. The molecular weight excluding hydrogens is 355 g/mol. The number of carbonyl (C=O) groups is 1. The second-order valence-electron chi connectivity index (χ2n) is 7.69. The van der Waals surface area contributed by atoms with Gasteiger partial charge in [0.05, 0.1) is 0 Å². The maximum absolute atomic E-state index is 13.1. The Kier molecular flexibility index (Phi) is 5.51. The molecule has 0 radical (unpaired) electrons. The van der Waals surface area contributed by atoms with E-state index in [0.717, 1.165) is 37.4 Å². The molecule has 1 heterocycles. The number of hydrogen-bond acceptors (Lipinski definition) is 3. The van der Waals surface area contributed by atoms with Crippen LogP contribution in [0.2, 0.25) is 0 Å². The lowest BCUT2D eigenvalue weighted by Gasteiger charge is -2.37. The monoisotopic (exact) mass is 382 g/mol. The van der Waals surface area contributed by atoms with Crippen LogP contribution in [0.3, 0.4) is 0 Å². The molecule has 1 amide bonds. The van der Waals surface area contributed by atoms with Crippen molar-refractivity contribution in [2.75, 3.05) is 31.1 Å². The highest BCUT2D eigenvalue weighted by molar-refractivity contribution is 5.81. The Labute approximate surface area is 165 Å². The van der Waals surface area contributed by atoms with Crippen LogP contribution < -0.4 is 9.64 Å². The number of aryl methyl sites for hydroxylation is 2. The van der Waals surface area contributed by atoms with Crippen LogP contribution in [-0.2, 0) is 17.6 Å². The lowest BCUT2D eigenvalue weighted by molar-refractivity contribution is -0.138. The van der Waals surface area contributed by atoms with Crippen LogP contribution in [0.1, 0.15) is 30.9 Å². The van der Waals surface area contributed by atoms with E-state index < -0.39 is 6.10 Å². The number of fused-ring (bicyclic) bond motifs is 1. The van der Waals surface area contributed by atoms with Gasteiger partial charge in [0.2, 0.25) is 0 Å². The summed E-state index contributed by atoms with van der Waals surface area (Å²) in [6.45, 7) is 4.60. The van der Waals surface area contributed by atoms with Crippen molar-refractivity contribution in [3.63, 3.8) is 0 Å². The van der Waals surface area contributed by atoms with Gasteiger partial charge in [0.25, 0.3) is 5.91 Å². The number of rotatable bonds is 4. The Morgan fingerprint density at radius 2 is 1.64 bits per heavy atom. The summed E-state index contributed by atoms with van der Waals surface area (Å²) in [7, 11) is 0. The van der Waals surface area contributed by atoms with Crippen molar-refractivity contribution in [1.82, 2.24) is 4.90 Å². The molecule has 2 aliphatic rings. The summed E-state index contributed by atoms with van der Waals surface area (Å²) in [5.74, 6) is 0.577. The number of nitrogens with zero attached hydrogens (tertiary/aromatic N) is 2. The average molecular weight is 382 g/mol. The topological polar surface area (TPSA) is 32.8 Å². The van der Waals surface area contributed by atoms with Gasteiger partial charge >= 0.3 is 0 Å². The molecule has 1 unspecified atom stereocenters. The number of benzene rings is 2. The molecule has 1 saturated heterocycles. The molecule has 0 spiro atoms. The lowest BCUT2D eigenvalue weighted by Crippen LogP contribution is -2.52. The summed E-state index contributed by atoms with van der Waals surface area (Å²) in [4.78, 5) is 16.9. The van der Waals surface area contributed by atoms with Crippen molar-refractivity contribution < 1.29 is 13.9 Å². The summed E-state index contributed by atoms with van der Waals surface area (Å²) in [5, 5.41) is 0. The Hall–Kier alpha value is -2.56. The van der Waals surface area contributed by atoms with E-state index in [4.69, 9.17) is 4.74 Å². The Bertz CT molecular complexity index is 829. The van der Waals surface area contributed by atoms with E-state index in [2.05, 4.69) is 17.0 Å². The van der Waals surface area contributed by atoms with Gasteiger partial charge in [-0.3, -0.25) is 4.79 Å². The molecule has 5 heteroatoms. The average Bonchev–Trinajstić information content (AvgIpc) is 2.74. The first-order valence-corrected chi connectivity index (χ1v) is 10.2. The van der Waals surface area contributed by atoms with E-state index >= 15 is 0 Å². The van der Waals surface area contributed by atoms with Crippen LogP contribution in [0, 0.1) is 5.82 Å². The minimum atomic E-state index is -0.501. The number of carbonyl (C=O) groups excluding carboxylic acids is 1. The standard InChI is InChI=1S/C23H27FN2O2/c1-17(28-22-11-6-18-4-2-3-5-19(18)16-22)23(27)26-14-12-25(13-15-26)21-9-7-20(24)8-10-21/h6-11,16-17H,2-5,12-15H2,1H3. The first-order valence-electron chi connectivity index (χ1n) is 10.2. The van der Waals surface area contributed by atoms with Gasteiger partial charge in [-0.2, -0.15) is 0 Å². The Morgan fingerprint density at radius 1 is 0.964 bits per heavy atom. The lowest BCUT2D eigenvalue weighted by atomic mass is 9.92. The quantitative estimate of drug-likeness (QED) is 0.806. The highest BCUT2D eigenvalue weighted by atomic mass is 19.1. The van der Waals surface area contributed by atoms with E-state index in [-0.39, 0.29) is 11.7 Å². The number of hydrogen-bond donors (Lipinski definition) is 0. The molecule has 1 aliphatic heterocycles. The van der Waals surface area contributed by atoms with E-state index in [1.807, 2.05) is 17.9 Å². The Balaban J connectivity index is 1.32. The van der Waals surface area contributed by atoms with Crippen LogP contribution in [0.4, 0.5) is 10.1 Å². The molecule has 1 atom stereocenters. The van der Waals surface area contributed by atoms with Gasteiger partial charge in [-0.15, -0.1) is 0 Å². The van der Waals surface area contributed by atoms with Crippen LogP contribution in [0.15, 0.2) is 42.5 Å². The van der Waals surface area contributed by atoms with Crippen molar-refractivity contribution >= 4 is 11.6 Å². The molecule has 0 bridgehead atoms. The van der Waals surface area contributed by atoms with Gasteiger partial charge < -0.3 is 14.5 Å². The summed E-state index contributed by atoms with van der Waals surface area (Å²) >= 11 is 0. The van der Waals surface area contributed by atoms with Crippen molar-refractivity contribution in [1.29, 1.82) is 0 Å². The molecule has 2 aromatic rings. The van der Waals surface area contributed by atoms with Crippen molar-refractivity contribution in [3.8, 4) is 5.75 Å². The first kappa shape index (κ1) is 18.8. The third-order valence-corrected chi connectivity index (χ3v) is 5.76. The fraction of sp³-hybridized carbons (Fsp3) is 0.435. The predicted molar refractivity (Wildman–Crippen MR) is 108 cm³/mol. The van der Waals surface area contributed by atoms with Crippen molar-refractivity contribution in [3.05, 3.63) is 59.4 Å². The molecule has 148 valence electrons. The molecule has 0 aromatic heterocycles. The van der Waals surface area contributed by atoms with E-state index in [0.29, 0.717) is 13.1 Å². The molecule has 0 N–H and O–H groups in total. The summed E-state index contributed by atoms with van der Waals surface area (Å²) in [5.41, 5.74) is 3.76. The van der Waals surface area contributed by atoms with Gasteiger partial charge in [0, 0.05) is 31.9 Å². The minimum absolute atomic E-state index is 0.0245. The second kappa shape index (κ2) is 8.21. The summed E-state index contributed by atoms with van der Waals surface area (Å²) in [6, 6.07) is 12.7. The molecular formula is C23H27FN2O2. The van der Waals surface area contributed by atoms with Crippen LogP contribution in [0.25, 0.3) is 0 Å². The fourth-order valence-corrected chi connectivity index (χ4v) is 4.13. The van der Waals surface area contributed by atoms with Crippen molar-refractivity contribution in [2.45, 2.75) is 38.7 Å². The zero-order chi connectivity index (χ0) is 19.5. The summed E-state index contributed by atoms with van der Waals surface area (Å²) in [6.07, 6.45) is 4.22. The van der Waals surface area contributed by atoms with Gasteiger partial charge in [0.15, 0.2) is 6.10 Å². The molecule has 1 aliphatic carbocycles. The third kappa shape index (κ3) is 4.13. The van der Waals surface area contributed by atoms with Crippen LogP contribution in [0.5, 0.6) is 5.75 Å². The zero-order valence-electron chi connectivity index (χ0n) is 16.4. The number of anilines is 1. The number of ether oxygens (including phenoxy) is 1. The zero-order valence-corrected chi connectivity index (χ0v) is 16.4. The van der Waals surface area contributed by atoms with Gasteiger partial charge in [-0.1, -0.05) is 6.07 Å². The van der Waals surface area contributed by atoms with Crippen LogP contribution >= 0.6 is 0 Å². The van der Waals surface area contributed by atoms with E-state index in [1.165, 1.54) is 36.1 Å². The molecule has 2 aromatic carbocycles. The molecule has 1 fully saturated rings. The van der Waals surface area contributed by atoms with E-state index in [1.54, 1.807) is 12.1 Å². The largest absolute Gasteiger partial charge is 0.481 e. The number of piperazine rings is 1. The molecule has 4 nitrogen and oxygen atoms in total. The molecule has 0 saturated carbocycles. The maximum atomic E-state index is 13.1. The van der Waals surface area contributed by atoms with Gasteiger partial charge in [-0.25, -0.2) is 4.39 Å². The van der Waals surface area contributed by atoms with Crippen LogP contribution in [-0.4, -0.2) is 43.1 Å². The second-order valence-corrected chi connectivity index (χ2v) is 7.69. The maximum Gasteiger partial charge on any atom is 0.263 e.